The van der Waals surface area contributed by atoms with Crippen molar-refractivity contribution in [2.75, 3.05) is 37.0 Å². The molecule has 0 aromatic carbocycles. The Labute approximate surface area is 194 Å². The molecule has 1 aromatic heterocycles. The lowest BCUT2D eigenvalue weighted by Gasteiger charge is -2.44. The first kappa shape index (κ1) is 25.1. The summed E-state index contributed by atoms with van der Waals surface area (Å²) in [6, 6.07) is 0.268. The zero-order valence-corrected chi connectivity index (χ0v) is 19.9. The molecule has 1 aromatic rings. The average molecular weight is 466 g/mol. The summed E-state index contributed by atoms with van der Waals surface area (Å²) in [7, 11) is 2.04. The van der Waals surface area contributed by atoms with Crippen molar-refractivity contribution in [3.05, 3.63) is 11.6 Å². The molecule has 3 rings (SSSR count). The summed E-state index contributed by atoms with van der Waals surface area (Å²) in [5.74, 6) is -0.842. The van der Waals surface area contributed by atoms with Crippen LogP contribution in [-0.4, -0.2) is 76.2 Å². The van der Waals surface area contributed by atoms with Gasteiger partial charge in [0.25, 0.3) is 0 Å². The van der Waals surface area contributed by atoms with Crippen LogP contribution in [0.3, 0.4) is 0 Å². The van der Waals surface area contributed by atoms with Gasteiger partial charge in [-0.05, 0) is 40.2 Å². The van der Waals surface area contributed by atoms with E-state index in [-0.39, 0.29) is 36.7 Å². The Morgan fingerprint density at radius 3 is 2.64 bits per heavy atom. The average Bonchev–Trinajstić information content (AvgIpc) is 3.30. The van der Waals surface area contributed by atoms with Crippen LogP contribution in [0.5, 0.6) is 0 Å². The van der Waals surface area contributed by atoms with E-state index in [1.807, 2.05) is 18.9 Å². The van der Waals surface area contributed by atoms with E-state index in [0.717, 1.165) is 32.2 Å². The summed E-state index contributed by atoms with van der Waals surface area (Å²) in [5.41, 5.74) is 5.14. The third-order valence-corrected chi connectivity index (χ3v) is 7.09. The molecule has 0 spiro atoms. The maximum atomic E-state index is 15.4. The second-order valence-corrected chi connectivity index (χ2v) is 9.34. The Hall–Kier alpha value is -2.53. The molecule has 1 saturated heterocycles. The number of carbonyl (C=O) groups is 2. The smallest absolute Gasteiger partial charge is 0.243 e. The summed E-state index contributed by atoms with van der Waals surface area (Å²) in [4.78, 5) is 36.4. The van der Waals surface area contributed by atoms with Gasteiger partial charge in [-0.2, -0.15) is 4.39 Å². The highest BCUT2D eigenvalue weighted by Gasteiger charge is 2.32. The minimum atomic E-state index is -0.631. The fourth-order valence-corrected chi connectivity index (χ4v) is 4.82. The van der Waals surface area contributed by atoms with Gasteiger partial charge in [-0.3, -0.25) is 30.5 Å². The van der Waals surface area contributed by atoms with Crippen LogP contribution in [0.4, 0.5) is 16.0 Å². The van der Waals surface area contributed by atoms with E-state index in [0.29, 0.717) is 29.8 Å². The number of hydrazine groups is 1. The highest BCUT2D eigenvalue weighted by molar-refractivity contribution is 5.80. The third kappa shape index (κ3) is 6.08. The van der Waals surface area contributed by atoms with Crippen molar-refractivity contribution in [3.8, 4) is 0 Å². The number of hydrogen-bond acceptors (Lipinski definition) is 8. The van der Waals surface area contributed by atoms with Gasteiger partial charge < -0.3 is 4.90 Å². The van der Waals surface area contributed by atoms with Crippen LogP contribution in [0, 0.1) is 24.6 Å². The van der Waals surface area contributed by atoms with Gasteiger partial charge in [0.1, 0.15) is 5.82 Å². The molecule has 2 fully saturated rings. The predicted octanol–water partition coefficient (Wildman–Crippen LogP) is 1.94. The van der Waals surface area contributed by atoms with Gasteiger partial charge in [0, 0.05) is 25.2 Å². The van der Waals surface area contributed by atoms with E-state index < -0.39 is 17.6 Å². The molecule has 3 N–H and O–H groups in total. The van der Waals surface area contributed by atoms with Crippen molar-refractivity contribution in [2.45, 2.75) is 65.0 Å². The molecule has 1 saturated carbocycles. The van der Waals surface area contributed by atoms with Crippen LogP contribution in [0.1, 0.15) is 51.8 Å². The number of nitrogens with zero attached hydrogens (tertiary/aromatic N) is 5. The van der Waals surface area contributed by atoms with Gasteiger partial charge in [0.2, 0.25) is 18.1 Å². The molecule has 0 bridgehead atoms. The van der Waals surface area contributed by atoms with Crippen LogP contribution < -0.4 is 15.8 Å². The Balaban J connectivity index is 1.72. The van der Waals surface area contributed by atoms with Crippen LogP contribution in [0.25, 0.3) is 0 Å². The number of piperazine rings is 1. The number of likely N-dealkylation sites (N-methyl/N-ethyl adjacent to an activating group) is 1. The topological polar surface area (TPSA) is 114 Å². The van der Waals surface area contributed by atoms with Crippen LogP contribution in [0.2, 0.25) is 0 Å². The molecule has 33 heavy (non-hydrogen) atoms. The number of anilines is 2. The minimum Gasteiger partial charge on any atom is -0.348 e. The Morgan fingerprint density at radius 1 is 1.27 bits per heavy atom. The van der Waals surface area contributed by atoms with Crippen LogP contribution in [-0.2, 0) is 9.59 Å². The highest BCUT2D eigenvalue weighted by Crippen LogP contribution is 2.31. The summed E-state index contributed by atoms with van der Waals surface area (Å²) in [5, 5.41) is 10.1. The van der Waals surface area contributed by atoms with Gasteiger partial charge in [0.15, 0.2) is 11.6 Å². The van der Waals surface area contributed by atoms with Crippen molar-refractivity contribution in [1.82, 2.24) is 25.4 Å². The molecule has 10 nitrogen and oxygen atoms in total. The van der Waals surface area contributed by atoms with E-state index in [9.17, 15) is 14.8 Å². The number of hydrogen-bond donors (Lipinski definition) is 3. The van der Waals surface area contributed by atoms with E-state index in [2.05, 4.69) is 32.6 Å². The van der Waals surface area contributed by atoms with Crippen molar-refractivity contribution in [1.29, 1.82) is 0 Å². The first-order valence-corrected chi connectivity index (χ1v) is 11.7. The first-order valence-electron chi connectivity index (χ1n) is 11.7. The molecule has 0 unspecified atom stereocenters. The summed E-state index contributed by atoms with van der Waals surface area (Å²) >= 11 is 0. The van der Waals surface area contributed by atoms with Crippen molar-refractivity contribution in [2.24, 2.45) is 11.8 Å². The molecule has 1 aliphatic carbocycles. The van der Waals surface area contributed by atoms with Gasteiger partial charge in [-0.15, -0.1) is 0 Å². The summed E-state index contributed by atoms with van der Waals surface area (Å²) in [6.45, 7) is 7.09. The van der Waals surface area contributed by atoms with Crippen molar-refractivity contribution < 1.29 is 19.2 Å². The van der Waals surface area contributed by atoms with E-state index >= 15 is 4.39 Å². The zero-order chi connectivity index (χ0) is 24.1. The molecule has 2 heterocycles. The van der Waals surface area contributed by atoms with Crippen LogP contribution >= 0.6 is 0 Å². The lowest BCUT2D eigenvalue weighted by Crippen LogP contribution is -2.56. The quantitative estimate of drug-likeness (QED) is 0.288. The molecule has 1 aliphatic heterocycles. The number of hydroxylamine groups is 2. The molecular formula is C22H36FN7O3. The van der Waals surface area contributed by atoms with Crippen molar-refractivity contribution >= 4 is 24.0 Å². The van der Waals surface area contributed by atoms with E-state index in [1.54, 1.807) is 6.92 Å². The number of rotatable bonds is 9. The summed E-state index contributed by atoms with van der Waals surface area (Å²) in [6.07, 6.45) is 5.10. The molecule has 0 radical (unpaired) electrons. The second kappa shape index (κ2) is 11.1. The minimum absolute atomic E-state index is 0.0460. The normalized spacial score (nSPS) is 22.8. The molecule has 184 valence electrons. The Morgan fingerprint density at radius 2 is 1.97 bits per heavy atom. The number of aryl methyl sites for hydroxylation is 1. The predicted molar refractivity (Wildman–Crippen MR) is 122 cm³/mol. The largest absolute Gasteiger partial charge is 0.348 e. The van der Waals surface area contributed by atoms with Gasteiger partial charge in [-0.1, -0.05) is 25.7 Å². The highest BCUT2D eigenvalue weighted by atomic mass is 19.1. The lowest BCUT2D eigenvalue weighted by atomic mass is 9.92. The standard InChI is InChI=1S/C22H36FN7O3/c1-14-15(2)30(10-9-28(14)4)21-19(23)20(24-16(3)25-21)26-27-22(32)18(12-29(33)13-31)11-17-7-5-6-8-17/h13-15,17-18,33H,5-12H2,1-4H3,(H,27,32)(H,24,25,26)/t14-,15-,18+/m0/s1. The Kier molecular flexibility index (Phi) is 8.41. The molecular weight excluding hydrogens is 429 g/mol. The Bertz CT molecular complexity index is 836. The molecule has 3 atom stereocenters. The number of carbonyl (C=O) groups excluding carboxylic acids is 2. The van der Waals surface area contributed by atoms with Gasteiger partial charge >= 0.3 is 0 Å². The molecule has 2 amide bonds. The van der Waals surface area contributed by atoms with E-state index in [1.165, 1.54) is 0 Å². The number of amides is 2. The van der Waals surface area contributed by atoms with Gasteiger partial charge in [-0.25, -0.2) is 15.0 Å². The summed E-state index contributed by atoms with van der Waals surface area (Å²) < 4.78 is 15.4. The van der Waals surface area contributed by atoms with Gasteiger partial charge in [0.05, 0.1) is 12.5 Å². The molecule has 2 aliphatic rings. The number of nitrogens with one attached hydrogen (secondary N) is 2. The number of aromatic nitrogens is 2. The SMILES string of the molecule is Cc1nc(NNC(=O)[C@H](CC2CCCC2)CN(O)C=O)c(F)c(N2CCN(C)[C@@H](C)[C@@H]2C)n1. The lowest BCUT2D eigenvalue weighted by molar-refractivity contribution is -0.154. The maximum Gasteiger partial charge on any atom is 0.243 e. The monoisotopic (exact) mass is 465 g/mol. The second-order valence-electron chi connectivity index (χ2n) is 9.34. The zero-order valence-electron chi connectivity index (χ0n) is 19.9. The van der Waals surface area contributed by atoms with Crippen LogP contribution in [0.15, 0.2) is 0 Å². The molecule has 11 heteroatoms. The fourth-order valence-electron chi connectivity index (χ4n) is 4.82. The maximum absolute atomic E-state index is 15.4. The fraction of sp³-hybridized carbons (Fsp3) is 0.727. The number of halogens is 1. The van der Waals surface area contributed by atoms with E-state index in [4.69, 9.17) is 0 Å². The third-order valence-electron chi connectivity index (χ3n) is 7.09. The van der Waals surface area contributed by atoms with Crippen molar-refractivity contribution in [3.63, 3.8) is 0 Å². The first-order chi connectivity index (χ1) is 15.7.